The zero-order chi connectivity index (χ0) is 18.4. The van der Waals surface area contributed by atoms with Crippen LogP contribution in [-0.2, 0) is 6.42 Å². The normalized spacial score (nSPS) is 10.4. The molecule has 0 aliphatic carbocycles. The van der Waals surface area contributed by atoms with E-state index in [1.165, 1.54) is 5.56 Å². The fraction of sp³-hybridized carbons (Fsp3) is 0.222. The van der Waals surface area contributed by atoms with E-state index in [1.54, 1.807) is 43.9 Å². The van der Waals surface area contributed by atoms with Gasteiger partial charge in [-0.25, -0.2) is 0 Å². The Hall–Kier alpha value is -2.93. The van der Waals surface area contributed by atoms with Crippen LogP contribution in [0, 0.1) is 0 Å². The quantitative estimate of drug-likeness (QED) is 0.683. The van der Waals surface area contributed by atoms with Crippen molar-refractivity contribution in [3.63, 3.8) is 0 Å². The van der Waals surface area contributed by atoms with Crippen LogP contribution in [-0.4, -0.2) is 40.9 Å². The monoisotopic (exact) mass is 370 g/mol. The van der Waals surface area contributed by atoms with Crippen molar-refractivity contribution in [3.05, 3.63) is 59.5 Å². The molecule has 0 unspecified atom stereocenters. The van der Waals surface area contributed by atoms with Gasteiger partial charge >= 0.3 is 0 Å². The molecule has 0 bridgehead atoms. The van der Waals surface area contributed by atoms with Crippen molar-refractivity contribution in [2.45, 2.75) is 6.42 Å². The Bertz CT molecular complexity index is 861. The van der Waals surface area contributed by atoms with Gasteiger partial charge in [0.2, 0.25) is 5.95 Å². The van der Waals surface area contributed by atoms with Crippen LogP contribution >= 0.6 is 11.6 Å². The van der Waals surface area contributed by atoms with E-state index in [2.05, 4.69) is 25.5 Å². The van der Waals surface area contributed by atoms with E-state index in [0.29, 0.717) is 22.4 Å². The van der Waals surface area contributed by atoms with Gasteiger partial charge in [0.25, 0.3) is 0 Å². The number of likely N-dealkylation sites (N-methyl/N-ethyl adjacent to an activating group) is 1. The van der Waals surface area contributed by atoms with Crippen molar-refractivity contribution in [1.29, 1.82) is 0 Å². The van der Waals surface area contributed by atoms with Gasteiger partial charge < -0.3 is 15.0 Å². The van der Waals surface area contributed by atoms with Gasteiger partial charge in [-0.3, -0.25) is 4.98 Å². The van der Waals surface area contributed by atoms with Crippen LogP contribution in [0.25, 0.3) is 0 Å². The van der Waals surface area contributed by atoms with Crippen LogP contribution in [0.2, 0.25) is 5.02 Å². The predicted molar refractivity (Wildman–Crippen MR) is 102 cm³/mol. The molecule has 3 rings (SSSR count). The summed E-state index contributed by atoms with van der Waals surface area (Å²) in [4.78, 5) is 10.6. The minimum Gasteiger partial charge on any atom is -0.495 e. The van der Waals surface area contributed by atoms with E-state index < -0.39 is 0 Å². The smallest absolute Gasteiger partial charge is 0.249 e. The molecule has 1 N–H and O–H groups in total. The first-order valence-corrected chi connectivity index (χ1v) is 8.44. The number of hydrogen-bond acceptors (Lipinski definition) is 7. The Balaban J connectivity index is 1.71. The van der Waals surface area contributed by atoms with E-state index in [9.17, 15) is 0 Å². The largest absolute Gasteiger partial charge is 0.495 e. The maximum Gasteiger partial charge on any atom is 0.249 e. The molecule has 7 nitrogen and oxygen atoms in total. The number of nitrogens with zero attached hydrogens (tertiary/aromatic N) is 5. The highest BCUT2D eigenvalue weighted by atomic mass is 35.5. The Labute approximate surface area is 157 Å². The third-order valence-electron chi connectivity index (χ3n) is 3.83. The molecule has 134 valence electrons. The molecule has 1 aromatic carbocycles. The zero-order valence-corrected chi connectivity index (χ0v) is 15.3. The second-order valence-corrected chi connectivity index (χ2v) is 6.07. The van der Waals surface area contributed by atoms with Crippen LogP contribution in [0.4, 0.5) is 17.5 Å². The summed E-state index contributed by atoms with van der Waals surface area (Å²) < 4.78 is 5.33. The summed E-state index contributed by atoms with van der Waals surface area (Å²) in [6, 6.07) is 9.30. The van der Waals surface area contributed by atoms with Crippen LogP contribution in [0.15, 0.2) is 48.9 Å². The average Bonchev–Trinajstić information content (AvgIpc) is 2.67. The summed E-state index contributed by atoms with van der Waals surface area (Å²) in [5.74, 6) is 1.74. The van der Waals surface area contributed by atoms with Gasteiger partial charge in [0, 0.05) is 31.0 Å². The van der Waals surface area contributed by atoms with E-state index in [0.717, 1.165) is 18.8 Å². The molecule has 8 heteroatoms. The number of nitrogens with one attached hydrogen (secondary N) is 1. The van der Waals surface area contributed by atoms with Gasteiger partial charge in [-0.15, -0.1) is 5.10 Å². The Morgan fingerprint density at radius 3 is 2.77 bits per heavy atom. The minimum absolute atomic E-state index is 0.374. The summed E-state index contributed by atoms with van der Waals surface area (Å²) in [5, 5.41) is 11.8. The predicted octanol–water partition coefficient (Wildman–Crippen LogP) is 3.35. The van der Waals surface area contributed by atoms with Crippen molar-refractivity contribution >= 4 is 29.1 Å². The topological polar surface area (TPSA) is 76.1 Å². The van der Waals surface area contributed by atoms with Crippen molar-refractivity contribution in [3.8, 4) is 5.75 Å². The third-order valence-corrected chi connectivity index (χ3v) is 4.07. The SMILES string of the molecule is COc1ccc(Cl)cc1Nc1nncc(N(C)CCc2ccncc2)n1. The molecule has 2 aromatic heterocycles. The van der Waals surface area contributed by atoms with Crippen molar-refractivity contribution < 1.29 is 4.74 Å². The number of ether oxygens (including phenoxy) is 1. The molecule has 2 heterocycles. The maximum absolute atomic E-state index is 6.06. The molecule has 0 radical (unpaired) electrons. The van der Waals surface area contributed by atoms with Crippen LogP contribution in [0.1, 0.15) is 5.56 Å². The number of anilines is 3. The lowest BCUT2D eigenvalue weighted by atomic mass is 10.2. The standard InChI is InChI=1S/C18H19ClN6O/c1-25(10-7-13-5-8-20-9-6-13)17-12-21-24-18(23-17)22-15-11-14(19)3-4-16(15)26-2/h3-6,8-9,11-12H,7,10H2,1-2H3,(H,22,23,24). The van der Waals surface area contributed by atoms with E-state index in [4.69, 9.17) is 16.3 Å². The molecule has 26 heavy (non-hydrogen) atoms. The molecule has 0 aliphatic heterocycles. The second-order valence-electron chi connectivity index (χ2n) is 5.63. The van der Waals surface area contributed by atoms with Gasteiger partial charge in [0.15, 0.2) is 5.82 Å². The summed E-state index contributed by atoms with van der Waals surface area (Å²) >= 11 is 6.06. The lowest BCUT2D eigenvalue weighted by Crippen LogP contribution is -2.22. The van der Waals surface area contributed by atoms with E-state index >= 15 is 0 Å². The molecule has 0 spiro atoms. The van der Waals surface area contributed by atoms with Gasteiger partial charge in [-0.1, -0.05) is 11.6 Å². The molecular formula is C18H19ClN6O. The molecular weight excluding hydrogens is 352 g/mol. The number of benzene rings is 1. The Morgan fingerprint density at radius 1 is 1.19 bits per heavy atom. The van der Waals surface area contributed by atoms with Crippen LogP contribution < -0.4 is 15.0 Å². The highest BCUT2D eigenvalue weighted by Crippen LogP contribution is 2.29. The first kappa shape index (κ1) is 17.9. The van der Waals surface area contributed by atoms with Gasteiger partial charge in [0.05, 0.1) is 19.0 Å². The number of pyridine rings is 1. The fourth-order valence-electron chi connectivity index (χ4n) is 2.39. The van der Waals surface area contributed by atoms with Gasteiger partial charge in [-0.05, 0) is 42.3 Å². The maximum atomic E-state index is 6.06. The van der Waals surface area contributed by atoms with Gasteiger partial charge in [-0.2, -0.15) is 10.1 Å². The van der Waals surface area contributed by atoms with E-state index in [1.807, 2.05) is 24.1 Å². The molecule has 3 aromatic rings. The molecule has 0 aliphatic rings. The summed E-state index contributed by atoms with van der Waals surface area (Å²) in [5.41, 5.74) is 1.90. The van der Waals surface area contributed by atoms with Crippen LogP contribution in [0.5, 0.6) is 5.75 Å². The van der Waals surface area contributed by atoms with Crippen molar-refractivity contribution in [1.82, 2.24) is 20.2 Å². The molecule has 0 amide bonds. The number of aromatic nitrogens is 4. The molecule has 0 saturated heterocycles. The number of rotatable bonds is 7. The summed E-state index contributed by atoms with van der Waals surface area (Å²) in [6.45, 7) is 0.794. The minimum atomic E-state index is 0.374. The Kier molecular flexibility index (Phi) is 5.80. The first-order valence-electron chi connectivity index (χ1n) is 8.06. The fourth-order valence-corrected chi connectivity index (χ4v) is 2.56. The third kappa shape index (κ3) is 4.58. The van der Waals surface area contributed by atoms with E-state index in [-0.39, 0.29) is 0 Å². The summed E-state index contributed by atoms with van der Waals surface area (Å²) in [6.07, 6.45) is 6.10. The highest BCUT2D eigenvalue weighted by molar-refractivity contribution is 6.31. The summed E-state index contributed by atoms with van der Waals surface area (Å²) in [7, 11) is 3.56. The molecule has 0 fully saturated rings. The average molecular weight is 371 g/mol. The Morgan fingerprint density at radius 2 is 2.00 bits per heavy atom. The lowest BCUT2D eigenvalue weighted by molar-refractivity contribution is 0.417. The zero-order valence-electron chi connectivity index (χ0n) is 14.6. The van der Waals surface area contributed by atoms with Crippen molar-refractivity contribution in [2.24, 2.45) is 0 Å². The molecule has 0 atom stereocenters. The number of methoxy groups -OCH3 is 1. The lowest BCUT2D eigenvalue weighted by Gasteiger charge is -2.18. The first-order chi connectivity index (χ1) is 12.7. The highest BCUT2D eigenvalue weighted by Gasteiger charge is 2.09. The van der Waals surface area contributed by atoms with Crippen molar-refractivity contribution in [2.75, 3.05) is 30.9 Å². The number of halogens is 1. The molecule has 0 saturated carbocycles. The second kappa shape index (κ2) is 8.44. The van der Waals surface area contributed by atoms with Gasteiger partial charge in [0.1, 0.15) is 5.75 Å². The number of hydrogen-bond donors (Lipinski definition) is 1. The van der Waals surface area contributed by atoms with Crippen LogP contribution in [0.3, 0.4) is 0 Å².